The van der Waals surface area contributed by atoms with Crippen LogP contribution >= 0.6 is 0 Å². The fourth-order valence-electron chi connectivity index (χ4n) is 4.59. The monoisotopic (exact) mass is 413 g/mol. The van der Waals surface area contributed by atoms with Crippen molar-refractivity contribution in [3.8, 4) is 11.1 Å². The molecule has 7 heteroatoms. The molecular formula is C23H22F3N3O. The van der Waals surface area contributed by atoms with Gasteiger partial charge in [0.05, 0.1) is 17.5 Å². The Balaban J connectivity index is 1.45. The van der Waals surface area contributed by atoms with Gasteiger partial charge >= 0.3 is 6.18 Å². The normalized spacial score (nSPS) is 18.6. The number of halogens is 3. The van der Waals surface area contributed by atoms with Crippen molar-refractivity contribution < 1.29 is 18.0 Å². The maximum atomic E-state index is 13.0. The smallest absolute Gasteiger partial charge is 0.388 e. The number of fused-ring (bicyclic) bond motifs is 1. The summed E-state index contributed by atoms with van der Waals surface area (Å²) in [4.78, 5) is 13.8. The fourth-order valence-corrected chi connectivity index (χ4v) is 4.59. The average molecular weight is 413 g/mol. The van der Waals surface area contributed by atoms with Crippen molar-refractivity contribution in [2.24, 2.45) is 5.16 Å². The number of hydrogen-bond acceptors (Lipinski definition) is 3. The maximum absolute atomic E-state index is 13.0. The number of H-pyrrole nitrogens is 1. The van der Waals surface area contributed by atoms with Crippen LogP contribution in [0.1, 0.15) is 49.9 Å². The quantitative estimate of drug-likeness (QED) is 0.559. The van der Waals surface area contributed by atoms with Crippen molar-refractivity contribution in [3.63, 3.8) is 0 Å². The molecule has 5 rings (SSSR count). The fraction of sp³-hybridized carbons (Fsp3) is 0.391. The summed E-state index contributed by atoms with van der Waals surface area (Å²) in [5.74, 6) is 0.674. The first-order valence-corrected chi connectivity index (χ1v) is 10.3. The van der Waals surface area contributed by atoms with E-state index in [4.69, 9.17) is 4.84 Å². The van der Waals surface area contributed by atoms with E-state index in [1.807, 2.05) is 18.2 Å². The molecule has 1 aliphatic heterocycles. The van der Waals surface area contributed by atoms with Crippen LogP contribution in [0.3, 0.4) is 0 Å². The number of nitrogens with zero attached hydrogens (tertiary/aromatic N) is 2. The zero-order chi connectivity index (χ0) is 20.8. The molecule has 1 saturated carbocycles. The number of alkyl halides is 3. The van der Waals surface area contributed by atoms with Gasteiger partial charge in [0.25, 0.3) is 0 Å². The van der Waals surface area contributed by atoms with E-state index >= 15 is 0 Å². The minimum atomic E-state index is -4.25. The molecule has 2 aliphatic rings. The minimum Gasteiger partial charge on any atom is -0.388 e. The highest BCUT2D eigenvalue weighted by atomic mass is 19.4. The highest BCUT2D eigenvalue weighted by molar-refractivity contribution is 6.01. The van der Waals surface area contributed by atoms with Crippen LogP contribution in [0.25, 0.3) is 22.2 Å². The lowest BCUT2D eigenvalue weighted by atomic mass is 9.81. The third-order valence-electron chi connectivity index (χ3n) is 6.08. The van der Waals surface area contributed by atoms with Gasteiger partial charge < -0.3 is 9.82 Å². The molecule has 1 fully saturated rings. The highest BCUT2D eigenvalue weighted by Crippen LogP contribution is 2.39. The van der Waals surface area contributed by atoms with Crippen LogP contribution in [0.5, 0.6) is 0 Å². The second-order valence-corrected chi connectivity index (χ2v) is 8.32. The van der Waals surface area contributed by atoms with Crippen LogP contribution in [-0.2, 0) is 11.3 Å². The van der Waals surface area contributed by atoms with Crippen LogP contribution in [0.2, 0.25) is 0 Å². The first kappa shape index (κ1) is 19.2. The van der Waals surface area contributed by atoms with Gasteiger partial charge in [0.15, 0.2) is 5.82 Å². The van der Waals surface area contributed by atoms with Gasteiger partial charge in [-0.3, -0.25) is 0 Å². The predicted octanol–water partition coefficient (Wildman–Crippen LogP) is 6.16. The van der Waals surface area contributed by atoms with Gasteiger partial charge in [-0.1, -0.05) is 41.9 Å². The summed E-state index contributed by atoms with van der Waals surface area (Å²) in [5.41, 5.74) is 3.71. The van der Waals surface area contributed by atoms with Crippen molar-refractivity contribution in [2.45, 2.75) is 56.7 Å². The SMILES string of the molecule is FC(F)(F)Cc1ccccc1-c1ccc2[nH]c(C3=NOC4(CCCCC4)C3)nc2c1. The lowest BCUT2D eigenvalue weighted by molar-refractivity contribution is -0.127. The van der Waals surface area contributed by atoms with Gasteiger partial charge in [0, 0.05) is 6.42 Å². The molecule has 0 saturated heterocycles. The van der Waals surface area contributed by atoms with Crippen LogP contribution in [0.4, 0.5) is 13.2 Å². The molecule has 4 nitrogen and oxygen atoms in total. The third kappa shape index (κ3) is 3.68. The number of oxime groups is 1. The molecule has 0 bridgehead atoms. The van der Waals surface area contributed by atoms with Crippen LogP contribution in [0, 0.1) is 0 Å². The molecule has 1 N–H and O–H groups in total. The summed E-state index contributed by atoms with van der Waals surface area (Å²) >= 11 is 0. The Kier molecular flexibility index (Phi) is 4.56. The van der Waals surface area contributed by atoms with E-state index < -0.39 is 12.6 Å². The van der Waals surface area contributed by atoms with Gasteiger partial charge in [-0.2, -0.15) is 13.2 Å². The van der Waals surface area contributed by atoms with Gasteiger partial charge in [-0.25, -0.2) is 4.98 Å². The first-order valence-electron chi connectivity index (χ1n) is 10.3. The maximum Gasteiger partial charge on any atom is 0.393 e. The van der Waals surface area contributed by atoms with Crippen molar-refractivity contribution in [3.05, 3.63) is 53.9 Å². The van der Waals surface area contributed by atoms with E-state index in [2.05, 4.69) is 15.1 Å². The summed E-state index contributed by atoms with van der Waals surface area (Å²) in [7, 11) is 0. The summed E-state index contributed by atoms with van der Waals surface area (Å²) in [6, 6.07) is 12.2. The molecule has 1 spiro atoms. The van der Waals surface area contributed by atoms with E-state index in [-0.39, 0.29) is 11.2 Å². The van der Waals surface area contributed by atoms with Crippen LogP contribution in [0.15, 0.2) is 47.6 Å². The molecule has 2 heterocycles. The van der Waals surface area contributed by atoms with E-state index in [1.165, 1.54) is 12.5 Å². The Morgan fingerprint density at radius 2 is 1.83 bits per heavy atom. The number of aromatic amines is 1. The standard InChI is InChI=1S/C23H22F3N3O/c24-23(25,26)13-16-6-2-3-7-17(16)15-8-9-18-19(12-15)28-21(27-18)20-14-22(30-29-20)10-4-1-5-11-22/h2-3,6-9,12H,1,4-5,10-11,13-14H2,(H,27,28). The number of benzene rings is 2. The number of rotatable bonds is 3. The molecule has 1 aliphatic carbocycles. The highest BCUT2D eigenvalue weighted by Gasteiger charge is 2.41. The molecule has 0 atom stereocenters. The summed E-state index contributed by atoms with van der Waals surface area (Å²) in [5, 5.41) is 4.31. The molecule has 0 radical (unpaired) electrons. The second kappa shape index (κ2) is 7.15. The molecule has 1 aromatic heterocycles. The summed E-state index contributed by atoms with van der Waals surface area (Å²) < 4.78 is 38.9. The Labute approximate surface area is 172 Å². The van der Waals surface area contributed by atoms with Crippen molar-refractivity contribution in [2.75, 3.05) is 0 Å². The number of hydrogen-bond donors (Lipinski definition) is 1. The average Bonchev–Trinajstić information content (AvgIpc) is 3.31. The van der Waals surface area contributed by atoms with Crippen molar-refractivity contribution in [1.29, 1.82) is 0 Å². The Morgan fingerprint density at radius 3 is 2.63 bits per heavy atom. The molecule has 30 heavy (non-hydrogen) atoms. The van der Waals surface area contributed by atoms with E-state index in [9.17, 15) is 13.2 Å². The largest absolute Gasteiger partial charge is 0.393 e. The van der Waals surface area contributed by atoms with Crippen LogP contribution < -0.4 is 0 Å². The Bertz CT molecular complexity index is 1110. The van der Waals surface area contributed by atoms with Gasteiger partial charge in [-0.05, 0) is 54.5 Å². The zero-order valence-electron chi connectivity index (χ0n) is 16.4. The number of nitrogens with one attached hydrogen (secondary N) is 1. The topological polar surface area (TPSA) is 50.3 Å². The lowest BCUT2D eigenvalue weighted by Gasteiger charge is -2.30. The van der Waals surface area contributed by atoms with Crippen LogP contribution in [-0.4, -0.2) is 27.5 Å². The van der Waals surface area contributed by atoms with Gasteiger partial charge in [0.1, 0.15) is 11.3 Å². The number of imidazole rings is 1. The zero-order valence-corrected chi connectivity index (χ0v) is 16.4. The Morgan fingerprint density at radius 1 is 1.03 bits per heavy atom. The lowest BCUT2D eigenvalue weighted by Crippen LogP contribution is -2.31. The second-order valence-electron chi connectivity index (χ2n) is 8.32. The number of aromatic nitrogens is 2. The van der Waals surface area contributed by atoms with E-state index in [1.54, 1.807) is 18.2 Å². The molecule has 0 amide bonds. The summed E-state index contributed by atoms with van der Waals surface area (Å²) in [6.07, 6.45) is 1.12. The first-order chi connectivity index (χ1) is 14.4. The molecule has 156 valence electrons. The van der Waals surface area contributed by atoms with E-state index in [0.717, 1.165) is 43.3 Å². The summed E-state index contributed by atoms with van der Waals surface area (Å²) in [6.45, 7) is 0. The van der Waals surface area contributed by atoms with Crippen molar-refractivity contribution >= 4 is 16.7 Å². The van der Waals surface area contributed by atoms with Gasteiger partial charge in [-0.15, -0.1) is 0 Å². The molecular weight excluding hydrogens is 391 g/mol. The molecule has 2 aromatic carbocycles. The molecule has 3 aromatic rings. The van der Waals surface area contributed by atoms with Gasteiger partial charge in [0.2, 0.25) is 0 Å². The minimum absolute atomic E-state index is 0.186. The predicted molar refractivity (Wildman–Crippen MR) is 109 cm³/mol. The van der Waals surface area contributed by atoms with E-state index in [0.29, 0.717) is 22.5 Å². The van der Waals surface area contributed by atoms with Crippen molar-refractivity contribution in [1.82, 2.24) is 9.97 Å². The Hall–Kier alpha value is -2.83. The third-order valence-corrected chi connectivity index (χ3v) is 6.08. The molecule has 0 unspecified atom stereocenters.